The molecule has 0 nitrogen and oxygen atoms in total. The first kappa shape index (κ1) is 17.7. The van der Waals surface area contributed by atoms with Gasteiger partial charge in [-0.15, -0.1) is 22.7 Å². The zero-order valence-electron chi connectivity index (χ0n) is 15.9. The van der Waals surface area contributed by atoms with Gasteiger partial charge in [0.1, 0.15) is 0 Å². The molecule has 1 aromatic carbocycles. The number of rotatable bonds is 4. The van der Waals surface area contributed by atoms with E-state index in [2.05, 4.69) is 72.7 Å². The average Bonchev–Trinajstić information content (AvgIpc) is 3.02. The predicted molar refractivity (Wildman–Crippen MR) is 112 cm³/mol. The second-order valence-electron chi connectivity index (χ2n) is 7.73. The van der Waals surface area contributed by atoms with E-state index in [1.54, 1.807) is 0 Å². The molecule has 0 N–H and O–H groups in total. The van der Waals surface area contributed by atoms with Crippen molar-refractivity contribution in [1.29, 1.82) is 0 Å². The van der Waals surface area contributed by atoms with Crippen molar-refractivity contribution in [2.45, 2.75) is 66.2 Å². The van der Waals surface area contributed by atoms with Crippen LogP contribution in [0.3, 0.4) is 0 Å². The molecule has 0 spiro atoms. The van der Waals surface area contributed by atoms with Gasteiger partial charge in [-0.3, -0.25) is 0 Å². The summed E-state index contributed by atoms with van der Waals surface area (Å²) in [5.74, 6) is 1.65. The van der Waals surface area contributed by atoms with Gasteiger partial charge in [0.2, 0.25) is 0 Å². The summed E-state index contributed by atoms with van der Waals surface area (Å²) in [5.41, 5.74) is 5.99. The number of aryl methyl sites for hydroxylation is 1. The summed E-state index contributed by atoms with van der Waals surface area (Å²) in [4.78, 5) is 2.85. The minimum atomic E-state index is 0.540. The van der Waals surface area contributed by atoms with Crippen LogP contribution in [0.25, 0.3) is 19.8 Å². The van der Waals surface area contributed by atoms with Crippen LogP contribution in [0.5, 0.6) is 0 Å². The van der Waals surface area contributed by atoms with Crippen LogP contribution < -0.4 is 0 Å². The minimum Gasteiger partial charge on any atom is -0.140 e. The number of hydrogen-bond donors (Lipinski definition) is 0. The number of fused-ring (bicyclic) bond motifs is 1. The Kier molecular flexibility index (Phi) is 4.90. The van der Waals surface area contributed by atoms with Crippen molar-refractivity contribution in [3.63, 3.8) is 0 Å². The highest BCUT2D eigenvalue weighted by Crippen LogP contribution is 2.44. The Balaban J connectivity index is 2.28. The van der Waals surface area contributed by atoms with Crippen LogP contribution in [0.1, 0.15) is 80.9 Å². The molecule has 0 radical (unpaired) electrons. The van der Waals surface area contributed by atoms with Crippen LogP contribution in [0.2, 0.25) is 0 Å². The zero-order valence-corrected chi connectivity index (χ0v) is 17.5. The van der Waals surface area contributed by atoms with Gasteiger partial charge in [0, 0.05) is 19.2 Å². The van der Waals surface area contributed by atoms with E-state index in [1.165, 1.54) is 41.4 Å². The van der Waals surface area contributed by atoms with E-state index < -0.39 is 0 Å². The van der Waals surface area contributed by atoms with E-state index >= 15 is 0 Å². The highest BCUT2D eigenvalue weighted by Gasteiger charge is 2.20. The van der Waals surface area contributed by atoms with Crippen molar-refractivity contribution in [3.05, 3.63) is 45.8 Å². The smallest absolute Gasteiger partial charge is 0.0459 e. The minimum absolute atomic E-state index is 0.540. The van der Waals surface area contributed by atoms with Gasteiger partial charge in [-0.1, -0.05) is 53.7 Å². The molecular weight excluding hydrogens is 328 g/mol. The lowest BCUT2D eigenvalue weighted by Gasteiger charge is -2.22. The maximum absolute atomic E-state index is 2.45. The maximum Gasteiger partial charge on any atom is 0.0459 e. The molecule has 0 saturated heterocycles. The van der Waals surface area contributed by atoms with Gasteiger partial charge in [-0.25, -0.2) is 0 Å². The Hall–Kier alpha value is -1.12. The van der Waals surface area contributed by atoms with Gasteiger partial charge in [0.05, 0.1) is 0 Å². The standard InChI is InChI=1S/C22H28S2/c1-12(2)16-9-17(13(3)4)22(18(10-16)14(5)6)21-11-20-19(24-21)8-15(7)23-20/h8-14H,1-7H3. The molecule has 2 aromatic heterocycles. The van der Waals surface area contributed by atoms with Crippen LogP contribution in [0.4, 0.5) is 0 Å². The van der Waals surface area contributed by atoms with Crippen LogP contribution in [0.15, 0.2) is 24.3 Å². The van der Waals surface area contributed by atoms with Gasteiger partial charge in [0.25, 0.3) is 0 Å². The fourth-order valence-corrected chi connectivity index (χ4v) is 5.73. The van der Waals surface area contributed by atoms with E-state index in [1.807, 2.05) is 22.7 Å². The SMILES string of the molecule is Cc1cc2sc(-c3c(C(C)C)cc(C(C)C)cc3C(C)C)cc2s1. The van der Waals surface area contributed by atoms with Crippen molar-refractivity contribution < 1.29 is 0 Å². The molecule has 2 heteroatoms. The molecule has 0 amide bonds. The van der Waals surface area contributed by atoms with Gasteiger partial charge < -0.3 is 0 Å². The topological polar surface area (TPSA) is 0 Å². The first-order valence-electron chi connectivity index (χ1n) is 8.96. The molecule has 0 fully saturated rings. The molecule has 128 valence electrons. The largest absolute Gasteiger partial charge is 0.140 e. The molecule has 0 bridgehead atoms. The van der Waals surface area contributed by atoms with Crippen LogP contribution in [0, 0.1) is 6.92 Å². The molecule has 0 saturated carbocycles. The van der Waals surface area contributed by atoms with E-state index in [0.717, 1.165) is 0 Å². The lowest BCUT2D eigenvalue weighted by atomic mass is 9.84. The Morgan fingerprint density at radius 2 is 1.21 bits per heavy atom. The van der Waals surface area contributed by atoms with Crippen LogP contribution >= 0.6 is 22.7 Å². The molecule has 24 heavy (non-hydrogen) atoms. The average molecular weight is 357 g/mol. The van der Waals surface area contributed by atoms with Crippen molar-refractivity contribution in [3.8, 4) is 10.4 Å². The van der Waals surface area contributed by atoms with Crippen molar-refractivity contribution in [2.75, 3.05) is 0 Å². The summed E-state index contributed by atoms with van der Waals surface area (Å²) >= 11 is 3.87. The summed E-state index contributed by atoms with van der Waals surface area (Å²) in [5, 5.41) is 0. The second kappa shape index (κ2) is 6.65. The quantitative estimate of drug-likeness (QED) is 0.441. The highest BCUT2D eigenvalue weighted by atomic mass is 32.1. The number of benzene rings is 1. The predicted octanol–water partition coefficient (Wildman–Crippen LogP) is 8.31. The zero-order chi connectivity index (χ0) is 17.6. The molecular formula is C22H28S2. The third kappa shape index (κ3) is 3.19. The first-order valence-corrected chi connectivity index (χ1v) is 10.6. The lowest BCUT2D eigenvalue weighted by molar-refractivity contribution is 0.808. The Morgan fingerprint density at radius 1 is 0.667 bits per heavy atom. The number of hydrogen-bond acceptors (Lipinski definition) is 2. The van der Waals surface area contributed by atoms with Crippen LogP contribution in [-0.4, -0.2) is 0 Å². The van der Waals surface area contributed by atoms with Gasteiger partial charge in [-0.05, 0) is 59.1 Å². The van der Waals surface area contributed by atoms with E-state index in [0.29, 0.717) is 17.8 Å². The number of thiophene rings is 2. The second-order valence-corrected chi connectivity index (χ2v) is 10.1. The molecule has 0 aliphatic rings. The summed E-state index contributed by atoms with van der Waals surface area (Å²) in [6.07, 6.45) is 0. The fourth-order valence-electron chi connectivity index (χ4n) is 3.32. The third-order valence-corrected chi connectivity index (χ3v) is 6.94. The summed E-state index contributed by atoms with van der Waals surface area (Å²) in [6.45, 7) is 16.1. The van der Waals surface area contributed by atoms with E-state index in [-0.39, 0.29) is 0 Å². The van der Waals surface area contributed by atoms with Crippen molar-refractivity contribution >= 4 is 32.1 Å². The summed E-state index contributed by atoms with van der Waals surface area (Å²) in [7, 11) is 0. The highest BCUT2D eigenvalue weighted by molar-refractivity contribution is 7.29. The fraction of sp³-hybridized carbons (Fsp3) is 0.455. The summed E-state index contributed by atoms with van der Waals surface area (Å²) < 4.78 is 2.87. The van der Waals surface area contributed by atoms with E-state index in [4.69, 9.17) is 0 Å². The molecule has 3 aromatic rings. The molecule has 3 rings (SSSR count). The Bertz CT molecular complexity index is 799. The van der Waals surface area contributed by atoms with Crippen molar-refractivity contribution in [1.82, 2.24) is 0 Å². The van der Waals surface area contributed by atoms with Gasteiger partial charge >= 0.3 is 0 Å². The van der Waals surface area contributed by atoms with Gasteiger partial charge in [0.15, 0.2) is 0 Å². The van der Waals surface area contributed by atoms with Gasteiger partial charge in [-0.2, -0.15) is 0 Å². The van der Waals surface area contributed by atoms with E-state index in [9.17, 15) is 0 Å². The molecule has 0 aliphatic heterocycles. The maximum atomic E-state index is 2.45. The normalized spacial score (nSPS) is 12.2. The van der Waals surface area contributed by atoms with Crippen LogP contribution in [-0.2, 0) is 0 Å². The summed E-state index contributed by atoms with van der Waals surface area (Å²) in [6, 6.07) is 9.66. The molecule has 2 heterocycles. The molecule has 0 atom stereocenters. The Labute approximate surface area is 154 Å². The Morgan fingerprint density at radius 3 is 1.67 bits per heavy atom. The lowest BCUT2D eigenvalue weighted by Crippen LogP contribution is -2.02. The van der Waals surface area contributed by atoms with Crippen molar-refractivity contribution in [2.24, 2.45) is 0 Å². The first-order chi connectivity index (χ1) is 11.3. The molecule has 0 unspecified atom stereocenters. The molecule has 0 aliphatic carbocycles. The monoisotopic (exact) mass is 356 g/mol. The third-order valence-electron chi connectivity index (χ3n) is 4.71.